The average molecular weight is 527 g/mol. The smallest absolute Gasteiger partial charge is 0.265 e. The first-order chi connectivity index (χ1) is 15.7. The molecule has 0 bridgehead atoms. The molecule has 0 radical (unpaired) electrons. The van der Waals surface area contributed by atoms with E-state index in [9.17, 15) is 9.59 Å². The van der Waals surface area contributed by atoms with Crippen LogP contribution < -0.4 is 10.1 Å². The van der Waals surface area contributed by atoms with Crippen LogP contribution in [0.5, 0.6) is 5.75 Å². The number of furan rings is 1. The summed E-state index contributed by atoms with van der Waals surface area (Å²) < 4.78 is 12.6. The number of anilines is 1. The van der Waals surface area contributed by atoms with Crippen LogP contribution in [0.1, 0.15) is 34.2 Å². The molecule has 0 saturated carbocycles. The Kier molecular flexibility index (Phi) is 6.58. The summed E-state index contributed by atoms with van der Waals surface area (Å²) in [6.07, 6.45) is -0.825. The molecule has 168 valence electrons. The molecule has 3 aromatic carbocycles. The van der Waals surface area contributed by atoms with Crippen LogP contribution >= 0.6 is 27.5 Å². The van der Waals surface area contributed by atoms with Gasteiger partial charge in [0, 0.05) is 20.4 Å². The van der Waals surface area contributed by atoms with Crippen LogP contribution in [0.2, 0.25) is 5.02 Å². The third kappa shape index (κ3) is 4.82. The lowest BCUT2D eigenvalue weighted by Gasteiger charge is -2.16. The van der Waals surface area contributed by atoms with Gasteiger partial charge < -0.3 is 14.5 Å². The number of hydrogen-bond donors (Lipinski definition) is 1. The molecule has 1 atom stereocenters. The van der Waals surface area contributed by atoms with E-state index in [1.807, 2.05) is 26.0 Å². The van der Waals surface area contributed by atoms with Crippen LogP contribution in [0, 0.1) is 13.8 Å². The highest BCUT2D eigenvalue weighted by molar-refractivity contribution is 9.10. The van der Waals surface area contributed by atoms with Crippen molar-refractivity contribution < 1.29 is 18.7 Å². The molecular weight excluding hydrogens is 506 g/mol. The van der Waals surface area contributed by atoms with E-state index in [0.717, 1.165) is 15.6 Å². The highest BCUT2D eigenvalue weighted by Gasteiger charge is 2.25. The number of nitrogens with one attached hydrogen (secondary N) is 1. The molecule has 1 N–H and O–H groups in total. The first kappa shape index (κ1) is 23.1. The minimum absolute atomic E-state index is 0.0669. The number of rotatable bonds is 6. The van der Waals surface area contributed by atoms with Crippen LogP contribution in [0.15, 0.2) is 69.6 Å². The second-order valence-electron chi connectivity index (χ2n) is 7.76. The third-order valence-electron chi connectivity index (χ3n) is 5.25. The van der Waals surface area contributed by atoms with E-state index in [4.69, 9.17) is 20.8 Å². The molecule has 1 amide bonds. The number of hydrogen-bond acceptors (Lipinski definition) is 4. The van der Waals surface area contributed by atoms with Gasteiger partial charge in [-0.3, -0.25) is 9.59 Å². The van der Waals surface area contributed by atoms with Crippen molar-refractivity contribution in [1.29, 1.82) is 0 Å². The lowest BCUT2D eigenvalue weighted by molar-refractivity contribution is -0.122. The Balaban J connectivity index is 1.63. The van der Waals surface area contributed by atoms with E-state index in [-0.39, 0.29) is 11.5 Å². The van der Waals surface area contributed by atoms with Crippen LogP contribution in [0.3, 0.4) is 0 Å². The Bertz CT molecular complexity index is 1340. The monoisotopic (exact) mass is 525 g/mol. The van der Waals surface area contributed by atoms with Crippen molar-refractivity contribution in [3.8, 4) is 5.75 Å². The summed E-state index contributed by atoms with van der Waals surface area (Å²) in [6.45, 7) is 5.40. The summed E-state index contributed by atoms with van der Waals surface area (Å²) in [5.41, 5.74) is 3.00. The van der Waals surface area contributed by atoms with Gasteiger partial charge in [-0.25, -0.2) is 0 Å². The number of para-hydroxylation sites is 1. The Morgan fingerprint density at radius 3 is 2.33 bits per heavy atom. The van der Waals surface area contributed by atoms with Crippen molar-refractivity contribution in [2.45, 2.75) is 26.9 Å². The zero-order valence-electron chi connectivity index (χ0n) is 18.2. The Labute approximate surface area is 204 Å². The van der Waals surface area contributed by atoms with E-state index in [1.54, 1.807) is 55.5 Å². The standard InChI is InChI=1S/C26H21BrClNO4/c1-14-12-19(13-15(2)22(14)28)32-16(3)26(31)29-23-20-6-4-5-7-21(20)33-25(23)24(30)17-8-10-18(27)11-9-17/h4-13,16H,1-3H3,(H,29,31). The van der Waals surface area contributed by atoms with Gasteiger partial charge in [-0.05, 0) is 80.4 Å². The van der Waals surface area contributed by atoms with E-state index < -0.39 is 12.0 Å². The number of aryl methyl sites for hydroxylation is 2. The lowest BCUT2D eigenvalue weighted by Crippen LogP contribution is -2.30. The van der Waals surface area contributed by atoms with Gasteiger partial charge >= 0.3 is 0 Å². The van der Waals surface area contributed by atoms with Crippen molar-refractivity contribution >= 4 is 55.9 Å². The predicted molar refractivity (Wildman–Crippen MR) is 133 cm³/mol. The van der Waals surface area contributed by atoms with Crippen LogP contribution in [-0.4, -0.2) is 17.8 Å². The number of carbonyl (C=O) groups excluding carboxylic acids is 2. The van der Waals surface area contributed by atoms with Crippen molar-refractivity contribution in [3.63, 3.8) is 0 Å². The van der Waals surface area contributed by atoms with Gasteiger partial charge in [0.2, 0.25) is 5.78 Å². The van der Waals surface area contributed by atoms with Crippen LogP contribution in [0.25, 0.3) is 11.0 Å². The molecule has 1 aromatic heterocycles. The quantitative estimate of drug-likeness (QED) is 0.272. The summed E-state index contributed by atoms with van der Waals surface area (Å²) in [5, 5.41) is 4.15. The zero-order valence-corrected chi connectivity index (χ0v) is 20.6. The minimum atomic E-state index is -0.825. The molecule has 0 spiro atoms. The van der Waals surface area contributed by atoms with E-state index in [0.29, 0.717) is 33.0 Å². The average Bonchev–Trinajstić information content (AvgIpc) is 3.15. The zero-order chi connectivity index (χ0) is 23.7. The molecule has 0 saturated heterocycles. The highest BCUT2D eigenvalue weighted by Crippen LogP contribution is 2.33. The fourth-order valence-corrected chi connectivity index (χ4v) is 3.89. The molecule has 0 aliphatic heterocycles. The number of benzene rings is 3. The number of halogens is 2. The van der Waals surface area contributed by atoms with Crippen molar-refractivity contribution in [1.82, 2.24) is 0 Å². The van der Waals surface area contributed by atoms with Crippen molar-refractivity contribution in [3.05, 3.63) is 92.6 Å². The van der Waals surface area contributed by atoms with Gasteiger partial charge in [-0.1, -0.05) is 39.7 Å². The number of ether oxygens (including phenoxy) is 1. The fraction of sp³-hybridized carbons (Fsp3) is 0.154. The van der Waals surface area contributed by atoms with Crippen molar-refractivity contribution in [2.24, 2.45) is 0 Å². The Morgan fingerprint density at radius 2 is 1.67 bits per heavy atom. The van der Waals surface area contributed by atoms with Gasteiger partial charge in [-0.2, -0.15) is 0 Å². The molecule has 33 heavy (non-hydrogen) atoms. The second-order valence-corrected chi connectivity index (χ2v) is 9.05. The lowest BCUT2D eigenvalue weighted by atomic mass is 10.1. The van der Waals surface area contributed by atoms with E-state index in [2.05, 4.69) is 21.2 Å². The number of amides is 1. The maximum atomic E-state index is 13.2. The SMILES string of the molecule is Cc1cc(OC(C)C(=O)Nc2c(C(=O)c3ccc(Br)cc3)oc3ccccc23)cc(C)c1Cl. The Hall–Kier alpha value is -3.09. The molecule has 5 nitrogen and oxygen atoms in total. The number of ketones is 1. The van der Waals surface area contributed by atoms with E-state index >= 15 is 0 Å². The Morgan fingerprint density at radius 1 is 1.03 bits per heavy atom. The fourth-order valence-electron chi connectivity index (χ4n) is 3.52. The molecule has 0 fully saturated rings. The van der Waals surface area contributed by atoms with Crippen LogP contribution in [0.4, 0.5) is 5.69 Å². The maximum Gasteiger partial charge on any atom is 0.265 e. The van der Waals surface area contributed by atoms with Gasteiger partial charge in [0.15, 0.2) is 11.9 Å². The predicted octanol–water partition coefficient (Wildman–Crippen LogP) is 7.10. The first-order valence-corrected chi connectivity index (χ1v) is 11.5. The van der Waals surface area contributed by atoms with Gasteiger partial charge in [0.1, 0.15) is 11.3 Å². The summed E-state index contributed by atoms with van der Waals surface area (Å²) in [5.74, 6) is -0.124. The molecule has 0 aliphatic carbocycles. The molecule has 1 unspecified atom stereocenters. The molecule has 4 aromatic rings. The van der Waals surface area contributed by atoms with Gasteiger partial charge in [0.25, 0.3) is 5.91 Å². The topological polar surface area (TPSA) is 68.5 Å². The van der Waals surface area contributed by atoms with Crippen LogP contribution in [-0.2, 0) is 4.79 Å². The summed E-state index contributed by atoms with van der Waals surface area (Å²) >= 11 is 9.59. The molecular formula is C26H21BrClNO4. The molecule has 4 rings (SSSR count). The molecule has 0 aliphatic rings. The summed E-state index contributed by atoms with van der Waals surface area (Å²) in [4.78, 5) is 26.2. The highest BCUT2D eigenvalue weighted by atomic mass is 79.9. The third-order valence-corrected chi connectivity index (χ3v) is 6.37. The second kappa shape index (κ2) is 9.41. The normalized spacial score (nSPS) is 11.9. The summed E-state index contributed by atoms with van der Waals surface area (Å²) in [7, 11) is 0. The molecule has 7 heteroatoms. The number of fused-ring (bicyclic) bond motifs is 1. The minimum Gasteiger partial charge on any atom is -0.481 e. The van der Waals surface area contributed by atoms with Gasteiger partial charge in [0.05, 0.1) is 5.69 Å². The molecule has 1 heterocycles. The maximum absolute atomic E-state index is 13.2. The van der Waals surface area contributed by atoms with Crippen molar-refractivity contribution in [2.75, 3.05) is 5.32 Å². The van der Waals surface area contributed by atoms with E-state index in [1.165, 1.54) is 0 Å². The van der Waals surface area contributed by atoms with Gasteiger partial charge in [-0.15, -0.1) is 0 Å². The summed E-state index contributed by atoms with van der Waals surface area (Å²) in [6, 6.07) is 17.7. The number of carbonyl (C=O) groups is 2. The first-order valence-electron chi connectivity index (χ1n) is 10.3. The largest absolute Gasteiger partial charge is 0.481 e.